The number of aliphatic hydroxyl groups is 1. The minimum atomic E-state index is -0.869. The van der Waals surface area contributed by atoms with E-state index in [2.05, 4.69) is 0 Å². The predicted octanol–water partition coefficient (Wildman–Crippen LogP) is 3.38. The van der Waals surface area contributed by atoms with Gasteiger partial charge in [-0.15, -0.1) is 0 Å². The molecule has 1 aromatic carbocycles. The summed E-state index contributed by atoms with van der Waals surface area (Å²) in [5.41, 5.74) is -0.215. The van der Waals surface area contributed by atoms with Crippen molar-refractivity contribution in [1.82, 2.24) is 0 Å². The molecule has 1 N–H and O–H groups in total. The first-order valence-electron chi connectivity index (χ1n) is 6.30. The quantitative estimate of drug-likeness (QED) is 0.874. The Bertz CT molecular complexity index is 384. The van der Waals surface area contributed by atoms with Crippen molar-refractivity contribution < 1.29 is 14.2 Å². The number of benzene rings is 1. The molecule has 0 radical (unpaired) electrons. The molecular formula is C14H19FO2. The average molecular weight is 238 g/mol. The molecule has 1 saturated carbocycles. The summed E-state index contributed by atoms with van der Waals surface area (Å²) in [5.74, 6) is 0.159. The first-order valence-corrected chi connectivity index (χ1v) is 6.30. The van der Waals surface area contributed by atoms with Crippen LogP contribution in [0, 0.1) is 5.82 Å². The SMILES string of the molecule is CCOc1cc(F)cc(C2(O)CCCCC2)c1. The molecule has 0 atom stereocenters. The van der Waals surface area contributed by atoms with Crippen LogP contribution in [0.3, 0.4) is 0 Å². The zero-order chi connectivity index (χ0) is 12.3. The molecule has 0 bridgehead atoms. The van der Waals surface area contributed by atoms with Gasteiger partial charge in [-0.05, 0) is 37.5 Å². The van der Waals surface area contributed by atoms with Crippen LogP contribution >= 0.6 is 0 Å². The van der Waals surface area contributed by atoms with Crippen LogP contribution in [0.2, 0.25) is 0 Å². The molecule has 0 heterocycles. The van der Waals surface area contributed by atoms with Gasteiger partial charge in [0.15, 0.2) is 0 Å². The largest absolute Gasteiger partial charge is 0.494 e. The van der Waals surface area contributed by atoms with E-state index >= 15 is 0 Å². The lowest BCUT2D eigenvalue weighted by Crippen LogP contribution is -2.28. The number of ether oxygens (including phenoxy) is 1. The van der Waals surface area contributed by atoms with Crippen LogP contribution in [0.1, 0.15) is 44.6 Å². The van der Waals surface area contributed by atoms with Gasteiger partial charge >= 0.3 is 0 Å². The summed E-state index contributed by atoms with van der Waals surface area (Å²) in [6.07, 6.45) is 4.56. The van der Waals surface area contributed by atoms with E-state index in [1.165, 1.54) is 12.1 Å². The molecule has 0 aliphatic heterocycles. The maximum absolute atomic E-state index is 13.5. The Morgan fingerprint density at radius 1 is 1.24 bits per heavy atom. The number of hydrogen-bond acceptors (Lipinski definition) is 2. The van der Waals surface area contributed by atoms with Gasteiger partial charge in [-0.2, -0.15) is 0 Å². The molecule has 1 aromatic rings. The fraction of sp³-hybridized carbons (Fsp3) is 0.571. The summed E-state index contributed by atoms with van der Waals surface area (Å²) >= 11 is 0. The summed E-state index contributed by atoms with van der Waals surface area (Å²) in [6, 6.07) is 4.55. The van der Waals surface area contributed by atoms with Gasteiger partial charge in [-0.25, -0.2) is 4.39 Å². The van der Waals surface area contributed by atoms with Crippen LogP contribution in [-0.2, 0) is 5.60 Å². The zero-order valence-electron chi connectivity index (χ0n) is 10.2. The van der Waals surface area contributed by atoms with Crippen molar-refractivity contribution in [1.29, 1.82) is 0 Å². The van der Waals surface area contributed by atoms with Gasteiger partial charge in [0.1, 0.15) is 11.6 Å². The Hall–Kier alpha value is -1.09. The summed E-state index contributed by atoms with van der Waals surface area (Å²) in [4.78, 5) is 0. The maximum atomic E-state index is 13.5. The van der Waals surface area contributed by atoms with Gasteiger partial charge in [0.05, 0.1) is 12.2 Å². The summed E-state index contributed by atoms with van der Waals surface area (Å²) in [5, 5.41) is 10.5. The van der Waals surface area contributed by atoms with Gasteiger partial charge in [0.25, 0.3) is 0 Å². The van der Waals surface area contributed by atoms with Crippen LogP contribution < -0.4 is 4.74 Å². The number of hydrogen-bond donors (Lipinski definition) is 1. The molecule has 0 aromatic heterocycles. The van der Waals surface area contributed by atoms with Gasteiger partial charge in [0.2, 0.25) is 0 Å². The van der Waals surface area contributed by atoms with Crippen LogP contribution in [0.5, 0.6) is 5.75 Å². The molecule has 0 amide bonds. The van der Waals surface area contributed by atoms with Gasteiger partial charge in [-0.1, -0.05) is 19.3 Å². The van der Waals surface area contributed by atoms with Crippen molar-refractivity contribution in [2.45, 2.75) is 44.6 Å². The lowest BCUT2D eigenvalue weighted by atomic mass is 9.79. The maximum Gasteiger partial charge on any atom is 0.127 e. The van der Waals surface area contributed by atoms with E-state index in [9.17, 15) is 9.50 Å². The fourth-order valence-corrected chi connectivity index (χ4v) is 2.51. The Morgan fingerprint density at radius 3 is 2.59 bits per heavy atom. The lowest BCUT2D eigenvalue weighted by molar-refractivity contribution is -0.00109. The van der Waals surface area contributed by atoms with E-state index in [-0.39, 0.29) is 5.82 Å². The molecule has 2 rings (SSSR count). The third-order valence-electron chi connectivity index (χ3n) is 3.40. The van der Waals surface area contributed by atoms with Crippen molar-refractivity contribution in [3.05, 3.63) is 29.6 Å². The van der Waals surface area contributed by atoms with Crippen LogP contribution in [0.15, 0.2) is 18.2 Å². The van der Waals surface area contributed by atoms with E-state index < -0.39 is 5.60 Å². The van der Waals surface area contributed by atoms with E-state index in [0.717, 1.165) is 19.3 Å². The van der Waals surface area contributed by atoms with E-state index in [1.807, 2.05) is 6.92 Å². The van der Waals surface area contributed by atoms with Crippen LogP contribution in [0.4, 0.5) is 4.39 Å². The molecule has 1 aliphatic carbocycles. The minimum absolute atomic E-state index is 0.343. The first kappa shape index (κ1) is 12.4. The van der Waals surface area contributed by atoms with Crippen molar-refractivity contribution in [3.8, 4) is 5.75 Å². The molecular weight excluding hydrogens is 219 g/mol. The van der Waals surface area contributed by atoms with E-state index in [1.54, 1.807) is 6.07 Å². The molecule has 3 heteroatoms. The van der Waals surface area contributed by atoms with Crippen LogP contribution in [-0.4, -0.2) is 11.7 Å². The topological polar surface area (TPSA) is 29.5 Å². The summed E-state index contributed by atoms with van der Waals surface area (Å²) in [7, 11) is 0. The van der Waals surface area contributed by atoms with Gasteiger partial charge < -0.3 is 9.84 Å². The summed E-state index contributed by atoms with van der Waals surface area (Å²) < 4.78 is 18.8. The average Bonchev–Trinajstić information content (AvgIpc) is 2.30. The molecule has 1 fully saturated rings. The predicted molar refractivity (Wildman–Crippen MR) is 64.6 cm³/mol. The molecule has 0 spiro atoms. The second-order valence-corrected chi connectivity index (χ2v) is 4.70. The molecule has 17 heavy (non-hydrogen) atoms. The highest BCUT2D eigenvalue weighted by atomic mass is 19.1. The Balaban J connectivity index is 2.30. The highest BCUT2D eigenvalue weighted by Crippen LogP contribution is 2.38. The van der Waals surface area contributed by atoms with Crippen molar-refractivity contribution in [2.75, 3.05) is 6.61 Å². The third-order valence-corrected chi connectivity index (χ3v) is 3.40. The van der Waals surface area contributed by atoms with Gasteiger partial charge in [-0.3, -0.25) is 0 Å². The number of halogens is 1. The van der Waals surface area contributed by atoms with E-state index in [4.69, 9.17) is 4.74 Å². The zero-order valence-corrected chi connectivity index (χ0v) is 10.2. The standard InChI is InChI=1S/C14H19FO2/c1-2-17-13-9-11(8-12(15)10-13)14(16)6-4-3-5-7-14/h8-10,16H,2-7H2,1H3. The Morgan fingerprint density at radius 2 is 1.94 bits per heavy atom. The van der Waals surface area contributed by atoms with Gasteiger partial charge in [0, 0.05) is 6.07 Å². The van der Waals surface area contributed by atoms with E-state index in [0.29, 0.717) is 30.8 Å². The third kappa shape index (κ3) is 2.78. The second-order valence-electron chi connectivity index (χ2n) is 4.70. The lowest BCUT2D eigenvalue weighted by Gasteiger charge is -2.32. The monoisotopic (exact) mass is 238 g/mol. The first-order chi connectivity index (χ1) is 8.14. The Kier molecular flexibility index (Phi) is 3.67. The molecule has 2 nitrogen and oxygen atoms in total. The smallest absolute Gasteiger partial charge is 0.127 e. The van der Waals surface area contributed by atoms with Crippen molar-refractivity contribution in [3.63, 3.8) is 0 Å². The number of rotatable bonds is 3. The second kappa shape index (κ2) is 5.05. The van der Waals surface area contributed by atoms with Crippen molar-refractivity contribution >= 4 is 0 Å². The normalized spacial score (nSPS) is 19.0. The molecule has 0 saturated heterocycles. The summed E-state index contributed by atoms with van der Waals surface area (Å²) in [6.45, 7) is 2.36. The minimum Gasteiger partial charge on any atom is -0.494 e. The van der Waals surface area contributed by atoms with Crippen molar-refractivity contribution in [2.24, 2.45) is 0 Å². The molecule has 94 valence electrons. The highest BCUT2D eigenvalue weighted by molar-refractivity contribution is 5.33. The molecule has 1 aliphatic rings. The Labute approximate surface area is 101 Å². The fourth-order valence-electron chi connectivity index (χ4n) is 2.51. The highest BCUT2D eigenvalue weighted by Gasteiger charge is 2.31. The van der Waals surface area contributed by atoms with Crippen LogP contribution in [0.25, 0.3) is 0 Å². The molecule has 0 unspecified atom stereocenters.